The van der Waals surface area contributed by atoms with Gasteiger partial charge in [-0.2, -0.15) is 5.10 Å². The second kappa shape index (κ2) is 8.78. The predicted octanol–water partition coefficient (Wildman–Crippen LogP) is 2.66. The summed E-state index contributed by atoms with van der Waals surface area (Å²) in [5, 5.41) is 7.19. The van der Waals surface area contributed by atoms with Crippen molar-refractivity contribution in [3.63, 3.8) is 0 Å². The predicted molar refractivity (Wildman–Crippen MR) is 117 cm³/mol. The third kappa shape index (κ3) is 4.30. The number of urea groups is 1. The number of hydrogen-bond acceptors (Lipinski definition) is 6. The maximum absolute atomic E-state index is 13.1. The summed E-state index contributed by atoms with van der Waals surface area (Å²) in [5.74, 6) is 6.76. The molecule has 0 fully saturated rings. The molecule has 2 aliphatic heterocycles. The number of aromatic nitrogens is 4. The van der Waals surface area contributed by atoms with Crippen LogP contribution in [-0.2, 0) is 6.54 Å². The zero-order chi connectivity index (χ0) is 22.8. The maximum Gasteiger partial charge on any atom is 0.322 e. The molecule has 0 spiro atoms. The molecule has 9 nitrogen and oxygen atoms in total. The van der Waals surface area contributed by atoms with Crippen LogP contribution in [0.4, 0.5) is 14.9 Å². The average molecular weight is 448 g/mol. The molecule has 33 heavy (non-hydrogen) atoms. The molecule has 0 radical (unpaired) electrons. The molecule has 0 saturated carbocycles. The smallest absolute Gasteiger partial charge is 0.322 e. The monoisotopic (exact) mass is 448 g/mol. The summed E-state index contributed by atoms with van der Waals surface area (Å²) < 4.78 is 26.2. The van der Waals surface area contributed by atoms with E-state index >= 15 is 0 Å². The summed E-state index contributed by atoms with van der Waals surface area (Å²) in [4.78, 5) is 22.9. The first-order valence-electron chi connectivity index (χ1n) is 10.6. The summed E-state index contributed by atoms with van der Waals surface area (Å²) in [7, 11) is 0. The summed E-state index contributed by atoms with van der Waals surface area (Å²) >= 11 is 0. The van der Waals surface area contributed by atoms with E-state index in [1.165, 1.54) is 6.07 Å². The number of anilines is 1. The van der Waals surface area contributed by atoms with Gasteiger partial charge in [-0.15, -0.1) is 0 Å². The normalized spacial score (nSPS) is 15.2. The lowest BCUT2D eigenvalue weighted by molar-refractivity contribution is 0.230. The van der Waals surface area contributed by atoms with E-state index < -0.39 is 11.9 Å². The van der Waals surface area contributed by atoms with Crippen molar-refractivity contribution in [2.45, 2.75) is 25.9 Å². The molecule has 0 bridgehead atoms. The summed E-state index contributed by atoms with van der Waals surface area (Å²) in [5.41, 5.74) is 2.42. The van der Waals surface area contributed by atoms with E-state index in [4.69, 9.17) is 9.47 Å². The van der Waals surface area contributed by atoms with Crippen molar-refractivity contribution in [2.24, 2.45) is 0 Å². The fourth-order valence-corrected chi connectivity index (χ4v) is 3.65. The Morgan fingerprint density at radius 1 is 1.15 bits per heavy atom. The molecular formula is C23H21FN6O3. The number of aryl methyl sites for hydroxylation is 1. The van der Waals surface area contributed by atoms with Crippen molar-refractivity contribution in [2.75, 3.05) is 24.7 Å². The van der Waals surface area contributed by atoms with Crippen molar-refractivity contribution in [3.05, 3.63) is 59.4 Å². The molecule has 0 saturated heterocycles. The Balaban J connectivity index is 1.36. The van der Waals surface area contributed by atoms with Gasteiger partial charge >= 0.3 is 6.03 Å². The lowest BCUT2D eigenvalue weighted by Crippen LogP contribution is -2.45. The number of pyridine rings is 2. The number of ether oxygens (including phenoxy) is 2. The van der Waals surface area contributed by atoms with Gasteiger partial charge in [0.1, 0.15) is 23.7 Å². The zero-order valence-corrected chi connectivity index (χ0v) is 17.9. The van der Waals surface area contributed by atoms with E-state index in [-0.39, 0.29) is 6.03 Å². The quantitative estimate of drug-likeness (QED) is 0.606. The lowest BCUT2D eigenvalue weighted by atomic mass is 10.2. The molecule has 168 valence electrons. The molecule has 5 rings (SSSR count). The van der Waals surface area contributed by atoms with Gasteiger partial charge in [-0.1, -0.05) is 11.8 Å². The number of carbonyl (C=O) groups excluding carboxylic acids is 1. The van der Waals surface area contributed by atoms with Crippen LogP contribution in [0.2, 0.25) is 0 Å². The van der Waals surface area contributed by atoms with Crippen molar-refractivity contribution >= 4 is 11.7 Å². The maximum atomic E-state index is 13.1. The molecule has 1 N–H and O–H groups in total. The van der Waals surface area contributed by atoms with Gasteiger partial charge in [-0.25, -0.2) is 18.9 Å². The van der Waals surface area contributed by atoms with Gasteiger partial charge in [-0.3, -0.25) is 9.88 Å². The Labute approximate surface area is 189 Å². The van der Waals surface area contributed by atoms with Gasteiger partial charge in [-0.05, 0) is 25.1 Å². The van der Waals surface area contributed by atoms with E-state index in [2.05, 4.69) is 32.2 Å². The van der Waals surface area contributed by atoms with Crippen LogP contribution in [0.1, 0.15) is 36.2 Å². The van der Waals surface area contributed by atoms with Crippen LogP contribution in [0.3, 0.4) is 0 Å². The van der Waals surface area contributed by atoms with Crippen LogP contribution in [-0.4, -0.2) is 45.5 Å². The molecule has 3 aromatic heterocycles. The van der Waals surface area contributed by atoms with Crippen molar-refractivity contribution < 1.29 is 18.7 Å². The van der Waals surface area contributed by atoms with Crippen molar-refractivity contribution in [1.29, 1.82) is 0 Å². The van der Waals surface area contributed by atoms with Crippen molar-refractivity contribution in [3.8, 4) is 23.6 Å². The topological polar surface area (TPSA) is 94.4 Å². The highest BCUT2D eigenvalue weighted by atomic mass is 19.1. The number of nitrogens with one attached hydrogen (secondary N) is 1. The molecular weight excluding hydrogens is 427 g/mol. The zero-order valence-electron chi connectivity index (χ0n) is 17.9. The van der Waals surface area contributed by atoms with Gasteiger partial charge in [0, 0.05) is 24.7 Å². The molecule has 10 heteroatoms. The highest BCUT2D eigenvalue weighted by molar-refractivity contribution is 5.94. The van der Waals surface area contributed by atoms with E-state index in [0.717, 1.165) is 19.2 Å². The van der Waals surface area contributed by atoms with Gasteiger partial charge < -0.3 is 14.8 Å². The molecule has 0 aromatic carbocycles. The minimum atomic E-state index is -0.428. The van der Waals surface area contributed by atoms with Crippen LogP contribution >= 0.6 is 0 Å². The number of carbonyl (C=O) groups is 1. The molecule has 0 aliphatic carbocycles. The van der Waals surface area contributed by atoms with Gasteiger partial charge in [0.25, 0.3) is 0 Å². The third-order valence-corrected chi connectivity index (χ3v) is 5.34. The first kappa shape index (κ1) is 20.8. The molecule has 2 aliphatic rings. The van der Waals surface area contributed by atoms with Gasteiger partial charge in [0.15, 0.2) is 0 Å². The second-order valence-corrected chi connectivity index (χ2v) is 7.66. The first-order valence-corrected chi connectivity index (χ1v) is 10.6. The Bertz CT molecular complexity index is 1250. The Morgan fingerprint density at radius 2 is 2.06 bits per heavy atom. The molecule has 1 atom stereocenters. The summed E-state index contributed by atoms with van der Waals surface area (Å²) in [6.07, 6.45) is 5.34. The molecule has 0 unspecified atom stereocenters. The Hall–Kier alpha value is -4.13. The molecule has 2 amide bonds. The molecule has 3 aromatic rings. The SMILES string of the molecule is C[C@H](NC(=O)N1CCOc2ncc(C#Cc3cnn4c3OCCC4)cc21)c1ccc(F)cn1. The van der Waals surface area contributed by atoms with Gasteiger partial charge in [0.05, 0.1) is 37.3 Å². The van der Waals surface area contributed by atoms with Crippen LogP contribution < -0.4 is 19.7 Å². The standard InChI is InChI=1S/C23H21FN6O3/c1-15(19-6-5-18(24)14-25-19)28-23(31)29-8-10-32-21-20(29)11-16(12-26-21)3-4-17-13-27-30-7-2-9-33-22(17)30/h5-6,11-15H,2,7-10H2,1H3,(H,28,31)/t15-/m0/s1. The van der Waals surface area contributed by atoms with E-state index in [0.29, 0.717) is 54.0 Å². The van der Waals surface area contributed by atoms with Crippen molar-refractivity contribution in [1.82, 2.24) is 25.1 Å². The highest BCUT2D eigenvalue weighted by Gasteiger charge is 2.26. The second-order valence-electron chi connectivity index (χ2n) is 7.66. The van der Waals surface area contributed by atoms with Crippen LogP contribution in [0.5, 0.6) is 11.8 Å². The van der Waals surface area contributed by atoms with E-state index in [1.807, 2.05) is 0 Å². The Morgan fingerprint density at radius 3 is 2.91 bits per heavy atom. The van der Waals surface area contributed by atoms with E-state index in [9.17, 15) is 9.18 Å². The number of halogens is 1. The largest absolute Gasteiger partial charge is 0.477 e. The summed E-state index contributed by atoms with van der Waals surface area (Å²) in [6.45, 7) is 3.92. The summed E-state index contributed by atoms with van der Waals surface area (Å²) in [6, 6.07) is 3.89. The fourth-order valence-electron chi connectivity index (χ4n) is 3.65. The minimum Gasteiger partial charge on any atom is -0.477 e. The Kier molecular flexibility index (Phi) is 5.52. The van der Waals surface area contributed by atoms with Crippen LogP contribution in [0, 0.1) is 17.7 Å². The highest BCUT2D eigenvalue weighted by Crippen LogP contribution is 2.30. The number of hydrogen-bond donors (Lipinski definition) is 1. The average Bonchev–Trinajstić information content (AvgIpc) is 3.25. The number of nitrogens with zero attached hydrogens (tertiary/aromatic N) is 5. The lowest BCUT2D eigenvalue weighted by Gasteiger charge is -2.29. The fraction of sp³-hybridized carbons (Fsp3) is 0.304. The molecule has 5 heterocycles. The van der Waals surface area contributed by atoms with Crippen LogP contribution in [0.25, 0.3) is 0 Å². The number of amides is 2. The number of fused-ring (bicyclic) bond motifs is 2. The van der Waals surface area contributed by atoms with Gasteiger partial charge in [0.2, 0.25) is 11.8 Å². The van der Waals surface area contributed by atoms with E-state index in [1.54, 1.807) is 41.0 Å². The first-order chi connectivity index (χ1) is 16.1. The minimum absolute atomic E-state index is 0.321. The number of rotatable bonds is 2. The van der Waals surface area contributed by atoms with Crippen LogP contribution in [0.15, 0.2) is 36.8 Å². The third-order valence-electron chi connectivity index (χ3n) is 5.34.